The zero-order valence-corrected chi connectivity index (χ0v) is 21.1. The summed E-state index contributed by atoms with van der Waals surface area (Å²) < 4.78 is 25.6. The van der Waals surface area contributed by atoms with Crippen molar-refractivity contribution in [1.82, 2.24) is 21.1 Å². The lowest BCUT2D eigenvalue weighted by Gasteiger charge is -2.24. The van der Waals surface area contributed by atoms with E-state index in [1.54, 1.807) is 32.9 Å². The maximum Gasteiger partial charge on any atom is 0.407 e. The van der Waals surface area contributed by atoms with Crippen molar-refractivity contribution in [2.24, 2.45) is 0 Å². The number of ether oxygens (including phenoxy) is 4. The quantitative estimate of drug-likeness (QED) is 0.214. The summed E-state index contributed by atoms with van der Waals surface area (Å²) in [5.74, 6) is -1.42. The van der Waals surface area contributed by atoms with Gasteiger partial charge in [-0.2, -0.15) is 0 Å². The minimum atomic E-state index is -1.14. The average Bonchev–Trinajstić information content (AvgIpc) is 3.39. The number of aromatic nitrogens is 1. The Kier molecular flexibility index (Phi) is 11.4. The first kappa shape index (κ1) is 29.1. The van der Waals surface area contributed by atoms with Crippen LogP contribution in [0.4, 0.5) is 9.59 Å². The van der Waals surface area contributed by atoms with E-state index in [0.717, 1.165) is 5.56 Å². The normalized spacial score (nSPS) is 12.5. The summed E-state index contributed by atoms with van der Waals surface area (Å²) in [4.78, 5) is 48.7. The van der Waals surface area contributed by atoms with Crippen molar-refractivity contribution in [1.29, 1.82) is 0 Å². The molecule has 0 radical (unpaired) electrons. The minimum absolute atomic E-state index is 0.0257. The predicted molar refractivity (Wildman–Crippen MR) is 128 cm³/mol. The molecule has 3 amide bonds. The van der Waals surface area contributed by atoms with E-state index in [1.807, 2.05) is 18.2 Å². The molecule has 0 aliphatic heterocycles. The fourth-order valence-corrected chi connectivity index (χ4v) is 2.77. The number of amides is 3. The Labute approximate surface area is 214 Å². The summed E-state index contributed by atoms with van der Waals surface area (Å²) in [7, 11) is 1.19. The fraction of sp³-hybridized carbons (Fsp3) is 0.458. The van der Waals surface area contributed by atoms with Crippen molar-refractivity contribution in [2.75, 3.05) is 20.3 Å². The van der Waals surface area contributed by atoms with Gasteiger partial charge in [-0.25, -0.2) is 9.59 Å². The van der Waals surface area contributed by atoms with Crippen LogP contribution < -0.4 is 16.0 Å². The molecule has 0 aliphatic rings. The second kappa shape index (κ2) is 14.4. The lowest BCUT2D eigenvalue weighted by molar-refractivity contribution is -0.144. The van der Waals surface area contributed by atoms with Crippen LogP contribution in [0.3, 0.4) is 0 Å². The highest BCUT2D eigenvalue weighted by molar-refractivity contribution is 5.91. The summed E-state index contributed by atoms with van der Waals surface area (Å²) in [5, 5.41) is 11.1. The molecule has 1 aromatic carbocycles. The van der Waals surface area contributed by atoms with Gasteiger partial charge in [-0.15, -0.1) is 0 Å². The standard InChI is InChI=1S/C24H32N4O9/c1-24(2,3)36-22(31)25-13-17(27-23(32)35-14-16-8-6-5-7-9-16)15-34-19(12-20(29)33-4)28-21(30)18-10-11-26-37-18/h5-11,17,19H,12-15H2,1-4H3,(H,25,31)(H,27,32)(H,28,30). The number of rotatable bonds is 12. The lowest BCUT2D eigenvalue weighted by atomic mass is 10.2. The monoisotopic (exact) mass is 520 g/mol. The van der Waals surface area contributed by atoms with Crippen LogP contribution in [0.25, 0.3) is 0 Å². The Bertz CT molecular complexity index is 1010. The molecular formula is C24H32N4O9. The number of alkyl carbamates (subject to hydrolysis) is 2. The highest BCUT2D eigenvalue weighted by atomic mass is 16.6. The van der Waals surface area contributed by atoms with E-state index in [1.165, 1.54) is 19.4 Å². The van der Waals surface area contributed by atoms with Gasteiger partial charge in [0, 0.05) is 12.6 Å². The summed E-state index contributed by atoms with van der Waals surface area (Å²) in [6.07, 6.45) is -1.66. The third kappa shape index (κ3) is 11.9. The molecule has 0 fully saturated rings. The molecular weight excluding hydrogens is 488 g/mol. The second-order valence-electron chi connectivity index (χ2n) is 8.74. The molecule has 2 rings (SSSR count). The van der Waals surface area contributed by atoms with E-state index in [2.05, 4.69) is 25.8 Å². The first-order valence-electron chi connectivity index (χ1n) is 11.4. The molecule has 1 heterocycles. The first-order chi connectivity index (χ1) is 17.6. The molecule has 0 saturated heterocycles. The highest BCUT2D eigenvalue weighted by Gasteiger charge is 2.24. The number of carbonyl (C=O) groups is 4. The molecule has 13 nitrogen and oxygen atoms in total. The van der Waals surface area contributed by atoms with Crippen LogP contribution in [0.2, 0.25) is 0 Å². The zero-order valence-electron chi connectivity index (χ0n) is 21.1. The first-order valence-corrected chi connectivity index (χ1v) is 11.4. The Balaban J connectivity index is 2.02. The third-order valence-electron chi connectivity index (χ3n) is 4.46. The third-order valence-corrected chi connectivity index (χ3v) is 4.46. The summed E-state index contributed by atoms with van der Waals surface area (Å²) in [5.41, 5.74) is 0.0555. The van der Waals surface area contributed by atoms with E-state index < -0.39 is 41.9 Å². The Hall–Kier alpha value is -4.13. The van der Waals surface area contributed by atoms with Crippen LogP contribution in [0.5, 0.6) is 0 Å². The molecule has 2 atom stereocenters. The summed E-state index contributed by atoms with van der Waals surface area (Å²) in [6, 6.07) is 9.57. The Morgan fingerprint density at radius 2 is 1.76 bits per heavy atom. The molecule has 0 saturated carbocycles. The average molecular weight is 521 g/mol. The van der Waals surface area contributed by atoms with Crippen molar-refractivity contribution in [3.8, 4) is 0 Å². The molecule has 37 heavy (non-hydrogen) atoms. The van der Waals surface area contributed by atoms with E-state index in [0.29, 0.717) is 0 Å². The van der Waals surface area contributed by atoms with Crippen LogP contribution in [-0.2, 0) is 30.3 Å². The van der Waals surface area contributed by atoms with Crippen LogP contribution in [0, 0.1) is 0 Å². The second-order valence-corrected chi connectivity index (χ2v) is 8.74. The van der Waals surface area contributed by atoms with E-state index in [-0.39, 0.29) is 31.9 Å². The number of nitrogens with one attached hydrogen (secondary N) is 3. The Morgan fingerprint density at radius 3 is 2.38 bits per heavy atom. The van der Waals surface area contributed by atoms with Gasteiger partial charge in [0.05, 0.1) is 32.4 Å². The fourth-order valence-electron chi connectivity index (χ4n) is 2.77. The van der Waals surface area contributed by atoms with Gasteiger partial charge in [-0.1, -0.05) is 35.5 Å². The number of carbonyl (C=O) groups excluding carboxylic acids is 4. The van der Waals surface area contributed by atoms with Gasteiger partial charge in [0.2, 0.25) is 5.76 Å². The molecule has 0 aliphatic carbocycles. The van der Waals surface area contributed by atoms with Gasteiger partial charge < -0.3 is 39.4 Å². The van der Waals surface area contributed by atoms with Gasteiger partial charge in [0.25, 0.3) is 5.91 Å². The van der Waals surface area contributed by atoms with Crippen LogP contribution >= 0.6 is 0 Å². The Morgan fingerprint density at radius 1 is 1.03 bits per heavy atom. The maximum absolute atomic E-state index is 12.4. The number of nitrogens with zero attached hydrogens (tertiary/aromatic N) is 1. The van der Waals surface area contributed by atoms with Crippen molar-refractivity contribution >= 4 is 24.1 Å². The molecule has 0 bridgehead atoms. The zero-order chi connectivity index (χ0) is 27.3. The minimum Gasteiger partial charge on any atom is -0.469 e. The van der Waals surface area contributed by atoms with Crippen LogP contribution in [0.15, 0.2) is 47.1 Å². The van der Waals surface area contributed by atoms with Gasteiger partial charge in [-0.3, -0.25) is 9.59 Å². The maximum atomic E-state index is 12.4. The van der Waals surface area contributed by atoms with E-state index in [9.17, 15) is 19.2 Å². The SMILES string of the molecule is COC(=O)CC(NC(=O)c1ccno1)OCC(CNC(=O)OC(C)(C)C)NC(=O)OCc1ccccc1. The van der Waals surface area contributed by atoms with Crippen LogP contribution in [-0.4, -0.2) is 67.4 Å². The van der Waals surface area contributed by atoms with Gasteiger partial charge in [0.15, 0.2) is 0 Å². The largest absolute Gasteiger partial charge is 0.469 e. The van der Waals surface area contributed by atoms with E-state index in [4.69, 9.17) is 18.7 Å². The number of benzene rings is 1. The molecule has 0 spiro atoms. The van der Waals surface area contributed by atoms with Crippen molar-refractivity contribution in [3.05, 3.63) is 53.9 Å². The number of esters is 1. The predicted octanol–water partition coefficient (Wildman–Crippen LogP) is 2.13. The van der Waals surface area contributed by atoms with Gasteiger partial charge in [-0.05, 0) is 26.3 Å². The number of methoxy groups -OCH3 is 1. The molecule has 2 unspecified atom stereocenters. The number of hydrogen-bond donors (Lipinski definition) is 3. The molecule has 1 aromatic heterocycles. The topological polar surface area (TPSA) is 167 Å². The smallest absolute Gasteiger partial charge is 0.407 e. The van der Waals surface area contributed by atoms with Crippen molar-refractivity contribution in [2.45, 2.75) is 51.7 Å². The van der Waals surface area contributed by atoms with Crippen molar-refractivity contribution < 1.29 is 42.6 Å². The molecule has 3 N–H and O–H groups in total. The highest BCUT2D eigenvalue weighted by Crippen LogP contribution is 2.07. The van der Waals surface area contributed by atoms with Gasteiger partial charge in [0.1, 0.15) is 18.4 Å². The summed E-state index contributed by atoms with van der Waals surface area (Å²) in [6.45, 7) is 4.83. The summed E-state index contributed by atoms with van der Waals surface area (Å²) >= 11 is 0. The molecule has 202 valence electrons. The van der Waals surface area contributed by atoms with E-state index >= 15 is 0 Å². The van der Waals surface area contributed by atoms with Crippen molar-refractivity contribution in [3.63, 3.8) is 0 Å². The lowest BCUT2D eigenvalue weighted by Crippen LogP contribution is -2.49. The molecule has 13 heteroatoms. The molecule has 2 aromatic rings. The van der Waals surface area contributed by atoms with Gasteiger partial charge >= 0.3 is 18.2 Å². The van der Waals surface area contributed by atoms with Crippen LogP contribution in [0.1, 0.15) is 43.3 Å². The number of hydrogen-bond acceptors (Lipinski definition) is 10.